The van der Waals surface area contributed by atoms with Crippen molar-refractivity contribution in [3.8, 4) is 0 Å². The van der Waals surface area contributed by atoms with Gasteiger partial charge in [0.15, 0.2) is 0 Å². The Morgan fingerprint density at radius 2 is 1.81 bits per heavy atom. The van der Waals surface area contributed by atoms with Crippen molar-refractivity contribution in [3.05, 3.63) is 83.9 Å². The summed E-state index contributed by atoms with van der Waals surface area (Å²) in [6.07, 6.45) is 0.717. The van der Waals surface area contributed by atoms with Gasteiger partial charge in [-0.15, -0.1) is 12.4 Å². The topological polar surface area (TPSA) is 45.0 Å². The highest BCUT2D eigenvalue weighted by molar-refractivity contribution is 8.39. The van der Waals surface area contributed by atoms with Crippen LogP contribution < -0.4 is 0 Å². The first-order chi connectivity index (χ1) is 14.8. The third-order valence-electron chi connectivity index (χ3n) is 5.31. The first-order valence-electron chi connectivity index (χ1n) is 10.0. The number of nitrogens with zero attached hydrogens (tertiary/aromatic N) is 3. The number of carbonyl (C=O) groups excluding carboxylic acids is 1. The second kappa shape index (κ2) is 9.90. The summed E-state index contributed by atoms with van der Waals surface area (Å²) in [5, 5.41) is 8.89. The van der Waals surface area contributed by atoms with E-state index in [1.165, 1.54) is 22.5 Å². The minimum atomic E-state index is -0.0704. The molecular weight excluding hydrogens is 446 g/mol. The summed E-state index contributed by atoms with van der Waals surface area (Å²) in [4.78, 5) is 17.5. The lowest BCUT2D eigenvalue weighted by Gasteiger charge is -2.21. The highest BCUT2D eigenvalue weighted by Crippen LogP contribution is 2.34. The van der Waals surface area contributed by atoms with Crippen LogP contribution in [-0.2, 0) is 4.79 Å². The Morgan fingerprint density at radius 3 is 2.58 bits per heavy atom. The molecule has 1 atom stereocenters. The molecule has 0 fully saturated rings. The number of fused-ring (bicyclic) bond motifs is 1. The summed E-state index contributed by atoms with van der Waals surface area (Å²) >= 11 is 3.26. The number of amides is 1. The molecule has 5 rings (SSSR count). The lowest BCUT2D eigenvalue weighted by atomic mass is 9.97. The highest BCUT2D eigenvalue weighted by Gasteiger charge is 2.33. The molecule has 0 saturated carbocycles. The lowest BCUT2D eigenvalue weighted by Crippen LogP contribution is -2.28. The summed E-state index contributed by atoms with van der Waals surface area (Å²) in [5.74, 6) is 1.40. The van der Waals surface area contributed by atoms with Crippen LogP contribution in [-0.4, -0.2) is 39.1 Å². The summed E-state index contributed by atoms with van der Waals surface area (Å²) in [5.41, 5.74) is 3.15. The zero-order valence-corrected chi connectivity index (χ0v) is 19.3. The zero-order chi connectivity index (χ0) is 20.3. The van der Waals surface area contributed by atoms with Gasteiger partial charge in [0.05, 0.1) is 24.1 Å². The summed E-state index contributed by atoms with van der Waals surface area (Å²) in [6.45, 7) is 0.849. The molecule has 7 heteroatoms. The van der Waals surface area contributed by atoms with E-state index in [0.29, 0.717) is 12.2 Å². The molecule has 0 N–H and O–H groups in total. The molecule has 31 heavy (non-hydrogen) atoms. The van der Waals surface area contributed by atoms with E-state index in [1.54, 1.807) is 16.8 Å². The number of rotatable bonds is 4. The van der Waals surface area contributed by atoms with E-state index >= 15 is 0 Å². The molecule has 2 aliphatic rings. The monoisotopic (exact) mass is 467 g/mol. The number of hydrogen-bond acceptors (Lipinski definition) is 5. The maximum atomic E-state index is 13.1. The Morgan fingerprint density at radius 1 is 1.03 bits per heavy atom. The SMILES string of the molecule is Cl.O=C(CSC1=NCCS1)N1N=C(c2ccc3ccccc3c2)CC1c1ccccc1. The molecule has 3 aromatic rings. The van der Waals surface area contributed by atoms with E-state index in [-0.39, 0.29) is 24.4 Å². The van der Waals surface area contributed by atoms with Crippen LogP contribution in [0.5, 0.6) is 0 Å². The molecule has 0 spiro atoms. The van der Waals surface area contributed by atoms with Crippen LogP contribution in [0.1, 0.15) is 23.6 Å². The lowest BCUT2D eigenvalue weighted by molar-refractivity contribution is -0.130. The molecule has 1 unspecified atom stereocenters. The first-order valence-corrected chi connectivity index (χ1v) is 12.0. The number of hydrogen-bond donors (Lipinski definition) is 0. The van der Waals surface area contributed by atoms with Gasteiger partial charge in [0.25, 0.3) is 5.91 Å². The summed E-state index contributed by atoms with van der Waals surface area (Å²) in [6, 6.07) is 24.8. The fraction of sp³-hybridized carbons (Fsp3) is 0.208. The van der Waals surface area contributed by atoms with Gasteiger partial charge >= 0.3 is 0 Å². The molecule has 0 radical (unpaired) electrons. The van der Waals surface area contributed by atoms with Crippen molar-refractivity contribution in [3.63, 3.8) is 0 Å². The molecule has 0 bridgehead atoms. The van der Waals surface area contributed by atoms with Gasteiger partial charge in [-0.05, 0) is 28.0 Å². The van der Waals surface area contributed by atoms with Crippen LogP contribution in [0.3, 0.4) is 0 Å². The zero-order valence-electron chi connectivity index (χ0n) is 16.8. The van der Waals surface area contributed by atoms with Gasteiger partial charge in [0, 0.05) is 12.2 Å². The Labute approximate surface area is 196 Å². The van der Waals surface area contributed by atoms with Gasteiger partial charge in [0.2, 0.25) is 0 Å². The largest absolute Gasteiger partial charge is 0.272 e. The minimum Gasteiger partial charge on any atom is -0.272 e. The van der Waals surface area contributed by atoms with Crippen molar-refractivity contribution < 1.29 is 4.79 Å². The average molecular weight is 468 g/mol. The molecule has 158 valence electrons. The third kappa shape index (κ3) is 4.81. The standard InChI is InChI=1S/C24H21N3OS2.ClH/c28-23(16-30-24-25-12-13-29-24)27-22(18-7-2-1-3-8-18)15-21(26-27)20-11-10-17-6-4-5-9-19(17)14-20;/h1-11,14,22H,12-13,15-16H2;1H. The summed E-state index contributed by atoms with van der Waals surface area (Å²) < 4.78 is 1.01. The van der Waals surface area contributed by atoms with Crippen molar-refractivity contribution in [1.82, 2.24) is 5.01 Å². The van der Waals surface area contributed by atoms with Crippen LogP contribution in [0.4, 0.5) is 0 Å². The van der Waals surface area contributed by atoms with E-state index in [1.807, 2.05) is 30.3 Å². The average Bonchev–Trinajstić information content (AvgIpc) is 3.48. The fourth-order valence-corrected chi connectivity index (χ4v) is 5.67. The van der Waals surface area contributed by atoms with E-state index in [4.69, 9.17) is 5.10 Å². The second-order valence-corrected chi connectivity index (χ2v) is 9.57. The van der Waals surface area contributed by atoms with Crippen LogP contribution in [0, 0.1) is 0 Å². The Hall–Kier alpha value is -2.28. The Bertz CT molecular complexity index is 1150. The van der Waals surface area contributed by atoms with E-state index in [2.05, 4.69) is 47.5 Å². The van der Waals surface area contributed by atoms with Gasteiger partial charge in [-0.2, -0.15) is 5.10 Å². The number of benzene rings is 3. The number of carbonyl (C=O) groups is 1. The van der Waals surface area contributed by atoms with Crippen LogP contribution in [0.25, 0.3) is 10.8 Å². The van der Waals surface area contributed by atoms with Crippen LogP contribution >= 0.6 is 35.9 Å². The molecule has 0 saturated heterocycles. The van der Waals surface area contributed by atoms with Crippen molar-refractivity contribution in [2.75, 3.05) is 18.1 Å². The van der Waals surface area contributed by atoms with Gasteiger partial charge in [0.1, 0.15) is 4.38 Å². The van der Waals surface area contributed by atoms with E-state index in [0.717, 1.165) is 33.5 Å². The van der Waals surface area contributed by atoms with Gasteiger partial charge in [-0.25, -0.2) is 5.01 Å². The maximum Gasteiger partial charge on any atom is 0.253 e. The number of hydrazone groups is 1. The molecule has 1 amide bonds. The predicted octanol–water partition coefficient (Wildman–Crippen LogP) is 5.78. The first kappa shape index (κ1) is 21.9. The van der Waals surface area contributed by atoms with Gasteiger partial charge in [-0.3, -0.25) is 9.79 Å². The van der Waals surface area contributed by atoms with E-state index < -0.39 is 0 Å². The van der Waals surface area contributed by atoms with Crippen molar-refractivity contribution in [1.29, 1.82) is 0 Å². The quantitative estimate of drug-likeness (QED) is 0.488. The Balaban J connectivity index is 0.00000231. The van der Waals surface area contributed by atoms with Crippen LogP contribution in [0.2, 0.25) is 0 Å². The number of thioether (sulfide) groups is 2. The molecular formula is C24H22ClN3OS2. The molecule has 0 aliphatic carbocycles. The molecule has 4 nitrogen and oxygen atoms in total. The normalized spacial score (nSPS) is 17.9. The molecule has 0 aromatic heterocycles. The number of aliphatic imine (C=N–C) groups is 1. The fourth-order valence-electron chi connectivity index (χ4n) is 3.81. The highest BCUT2D eigenvalue weighted by atomic mass is 35.5. The third-order valence-corrected chi connectivity index (χ3v) is 7.55. The predicted molar refractivity (Wildman–Crippen MR) is 136 cm³/mol. The van der Waals surface area contributed by atoms with Crippen LogP contribution in [0.15, 0.2) is 82.9 Å². The number of halogens is 1. The maximum absolute atomic E-state index is 13.1. The molecule has 2 heterocycles. The van der Waals surface area contributed by atoms with E-state index in [9.17, 15) is 4.79 Å². The van der Waals surface area contributed by atoms with Crippen molar-refractivity contribution >= 4 is 62.7 Å². The Kier molecular flexibility index (Phi) is 7.00. The van der Waals surface area contributed by atoms with Crippen molar-refractivity contribution in [2.24, 2.45) is 10.1 Å². The molecule has 3 aromatic carbocycles. The minimum absolute atomic E-state index is 0. The van der Waals surface area contributed by atoms with Gasteiger partial charge in [-0.1, -0.05) is 90.3 Å². The second-order valence-electron chi connectivity index (χ2n) is 7.26. The molecule has 2 aliphatic heterocycles. The van der Waals surface area contributed by atoms with Crippen molar-refractivity contribution in [2.45, 2.75) is 12.5 Å². The summed E-state index contributed by atoms with van der Waals surface area (Å²) in [7, 11) is 0. The van der Waals surface area contributed by atoms with Gasteiger partial charge < -0.3 is 0 Å². The smallest absolute Gasteiger partial charge is 0.253 e.